The second-order valence-corrected chi connectivity index (χ2v) is 5.92. The largest absolute Gasteiger partial charge is 0.481 e. The third-order valence-electron chi connectivity index (χ3n) is 4.20. The van der Waals surface area contributed by atoms with Crippen molar-refractivity contribution >= 4 is 22.6 Å². The van der Waals surface area contributed by atoms with Crippen molar-refractivity contribution in [3.63, 3.8) is 0 Å². The van der Waals surface area contributed by atoms with Gasteiger partial charge in [0.1, 0.15) is 23.8 Å². The van der Waals surface area contributed by atoms with E-state index in [9.17, 15) is 4.79 Å². The smallest absolute Gasteiger partial charge is 0.256 e. The molecule has 0 aliphatic rings. The summed E-state index contributed by atoms with van der Waals surface area (Å²) in [6.45, 7) is 1.87. The predicted molar refractivity (Wildman–Crippen MR) is 99.1 cm³/mol. The lowest BCUT2D eigenvalue weighted by atomic mass is 10.1. The summed E-state index contributed by atoms with van der Waals surface area (Å²) in [6.07, 6.45) is 4.88. The number of amides is 1. The molecule has 0 atom stereocenters. The predicted octanol–water partition coefficient (Wildman–Crippen LogP) is 2.12. The van der Waals surface area contributed by atoms with Crippen LogP contribution in [0, 0.1) is 6.92 Å². The second-order valence-electron chi connectivity index (χ2n) is 5.92. The average Bonchev–Trinajstić information content (AvgIpc) is 3.23. The van der Waals surface area contributed by atoms with Crippen LogP contribution in [-0.2, 0) is 7.05 Å². The number of carbonyl (C=O) groups excluding carboxylic acids is 1. The Bertz CT molecular complexity index is 1150. The first-order valence-electron chi connectivity index (χ1n) is 8.21. The number of hydrogen-bond donors (Lipinski definition) is 1. The van der Waals surface area contributed by atoms with Crippen LogP contribution >= 0.6 is 0 Å². The van der Waals surface area contributed by atoms with E-state index in [-0.39, 0.29) is 5.91 Å². The van der Waals surface area contributed by atoms with Gasteiger partial charge in [-0.2, -0.15) is 5.10 Å². The normalized spacial score (nSPS) is 10.9. The van der Waals surface area contributed by atoms with Gasteiger partial charge in [-0.1, -0.05) is 0 Å². The number of nitrogens with one attached hydrogen (secondary N) is 1. The SMILES string of the molecule is COc1c2ccc(C(=O)Nc3cc(-n4ccnc4C)ncn3)cc2nn1C. The first-order valence-corrected chi connectivity index (χ1v) is 8.21. The molecule has 4 rings (SSSR count). The molecule has 0 radical (unpaired) electrons. The maximum absolute atomic E-state index is 12.6. The van der Waals surface area contributed by atoms with Crippen LogP contribution < -0.4 is 10.1 Å². The highest BCUT2D eigenvalue weighted by Crippen LogP contribution is 2.25. The Kier molecular flexibility index (Phi) is 4.03. The molecule has 1 amide bonds. The van der Waals surface area contributed by atoms with E-state index >= 15 is 0 Å². The molecule has 1 aromatic carbocycles. The van der Waals surface area contributed by atoms with Crippen molar-refractivity contribution in [3.8, 4) is 11.7 Å². The van der Waals surface area contributed by atoms with Gasteiger partial charge >= 0.3 is 0 Å². The maximum Gasteiger partial charge on any atom is 0.256 e. The minimum Gasteiger partial charge on any atom is -0.481 e. The summed E-state index contributed by atoms with van der Waals surface area (Å²) in [5.74, 6) is 2.18. The fourth-order valence-electron chi connectivity index (χ4n) is 2.92. The highest BCUT2D eigenvalue weighted by Gasteiger charge is 2.14. The number of fused-ring (bicyclic) bond motifs is 1. The van der Waals surface area contributed by atoms with Crippen LogP contribution in [0.1, 0.15) is 16.2 Å². The van der Waals surface area contributed by atoms with E-state index in [1.54, 1.807) is 49.4 Å². The zero-order valence-corrected chi connectivity index (χ0v) is 15.0. The van der Waals surface area contributed by atoms with Gasteiger partial charge < -0.3 is 10.1 Å². The Balaban J connectivity index is 1.61. The van der Waals surface area contributed by atoms with Gasteiger partial charge in [-0.25, -0.2) is 19.6 Å². The van der Waals surface area contributed by atoms with Crippen LogP contribution in [0.2, 0.25) is 0 Å². The number of imidazole rings is 1. The molecule has 136 valence electrons. The van der Waals surface area contributed by atoms with Crippen LogP contribution in [0.5, 0.6) is 5.88 Å². The first-order chi connectivity index (χ1) is 13.1. The number of methoxy groups -OCH3 is 1. The minimum atomic E-state index is -0.284. The highest BCUT2D eigenvalue weighted by molar-refractivity contribution is 6.06. The molecular weight excluding hydrogens is 346 g/mol. The van der Waals surface area contributed by atoms with Gasteiger partial charge in [-0.15, -0.1) is 0 Å². The fraction of sp³-hybridized carbons (Fsp3) is 0.167. The van der Waals surface area contributed by atoms with Crippen molar-refractivity contribution in [2.45, 2.75) is 6.92 Å². The number of rotatable bonds is 4. The Morgan fingerprint density at radius 3 is 2.78 bits per heavy atom. The van der Waals surface area contributed by atoms with Gasteiger partial charge in [0.25, 0.3) is 5.91 Å². The van der Waals surface area contributed by atoms with Crippen LogP contribution in [0.15, 0.2) is 43.0 Å². The van der Waals surface area contributed by atoms with Crippen LogP contribution in [-0.4, -0.2) is 42.3 Å². The summed E-state index contributed by atoms with van der Waals surface area (Å²) < 4.78 is 8.77. The van der Waals surface area contributed by atoms with Gasteiger partial charge in [0.15, 0.2) is 0 Å². The van der Waals surface area contributed by atoms with E-state index in [1.807, 2.05) is 17.6 Å². The number of anilines is 1. The number of aromatic nitrogens is 6. The highest BCUT2D eigenvalue weighted by atomic mass is 16.5. The number of hydrogen-bond acceptors (Lipinski definition) is 6. The topological polar surface area (TPSA) is 99.8 Å². The fourth-order valence-corrected chi connectivity index (χ4v) is 2.92. The van der Waals surface area contributed by atoms with Gasteiger partial charge in [0.05, 0.1) is 18.0 Å². The molecule has 4 aromatic rings. The van der Waals surface area contributed by atoms with Gasteiger partial charge in [-0.05, 0) is 25.1 Å². The number of nitrogens with zero attached hydrogens (tertiary/aromatic N) is 6. The minimum absolute atomic E-state index is 0.284. The standard InChI is InChI=1S/C18H17N7O2/c1-11-19-6-7-25(11)16-9-15(20-10-21-16)22-17(26)12-4-5-13-14(8-12)23-24(2)18(13)27-3/h4-10H,1-3H3,(H,20,21,22,26). The van der Waals surface area contributed by atoms with E-state index in [0.29, 0.717) is 28.6 Å². The molecule has 9 heteroatoms. The van der Waals surface area contributed by atoms with E-state index in [4.69, 9.17) is 4.74 Å². The van der Waals surface area contributed by atoms with E-state index in [1.165, 1.54) is 6.33 Å². The lowest BCUT2D eigenvalue weighted by Gasteiger charge is -2.07. The molecular formula is C18H17N7O2. The van der Waals surface area contributed by atoms with Crippen molar-refractivity contribution in [1.82, 2.24) is 29.3 Å². The summed E-state index contributed by atoms with van der Waals surface area (Å²) >= 11 is 0. The van der Waals surface area contributed by atoms with Gasteiger partial charge in [0.2, 0.25) is 5.88 Å². The van der Waals surface area contributed by atoms with E-state index in [2.05, 4.69) is 25.4 Å². The molecule has 3 aromatic heterocycles. The maximum atomic E-state index is 12.6. The Morgan fingerprint density at radius 1 is 1.19 bits per heavy atom. The average molecular weight is 363 g/mol. The summed E-state index contributed by atoms with van der Waals surface area (Å²) in [7, 11) is 3.38. The summed E-state index contributed by atoms with van der Waals surface area (Å²) in [6, 6.07) is 6.95. The summed E-state index contributed by atoms with van der Waals surface area (Å²) in [5.41, 5.74) is 1.15. The molecule has 0 saturated heterocycles. The van der Waals surface area contributed by atoms with Crippen molar-refractivity contribution < 1.29 is 9.53 Å². The van der Waals surface area contributed by atoms with Crippen molar-refractivity contribution in [3.05, 3.63) is 54.4 Å². The lowest BCUT2D eigenvalue weighted by Crippen LogP contribution is -2.13. The number of benzene rings is 1. The molecule has 0 saturated carbocycles. The molecule has 0 bridgehead atoms. The monoisotopic (exact) mass is 363 g/mol. The number of ether oxygens (including phenoxy) is 1. The van der Waals surface area contributed by atoms with Crippen molar-refractivity contribution in [1.29, 1.82) is 0 Å². The van der Waals surface area contributed by atoms with Crippen LogP contribution in [0.4, 0.5) is 5.82 Å². The molecule has 9 nitrogen and oxygen atoms in total. The molecule has 3 heterocycles. The van der Waals surface area contributed by atoms with E-state index in [0.717, 1.165) is 11.2 Å². The van der Waals surface area contributed by atoms with Gasteiger partial charge in [-0.3, -0.25) is 9.36 Å². The van der Waals surface area contributed by atoms with Crippen molar-refractivity contribution in [2.24, 2.45) is 7.05 Å². The second kappa shape index (κ2) is 6.52. The number of aryl methyl sites for hydroxylation is 2. The van der Waals surface area contributed by atoms with E-state index < -0.39 is 0 Å². The zero-order chi connectivity index (χ0) is 19.0. The number of carbonyl (C=O) groups is 1. The third kappa shape index (κ3) is 2.99. The summed E-state index contributed by atoms with van der Waals surface area (Å²) in [5, 5.41) is 8.00. The quantitative estimate of drug-likeness (QED) is 0.596. The zero-order valence-electron chi connectivity index (χ0n) is 15.0. The Labute approximate surface area is 154 Å². The first kappa shape index (κ1) is 16.7. The summed E-state index contributed by atoms with van der Waals surface area (Å²) in [4.78, 5) is 25.1. The van der Waals surface area contributed by atoms with Crippen molar-refractivity contribution in [2.75, 3.05) is 12.4 Å². The Morgan fingerprint density at radius 2 is 2.04 bits per heavy atom. The van der Waals surface area contributed by atoms with Crippen LogP contribution in [0.3, 0.4) is 0 Å². The molecule has 0 spiro atoms. The van der Waals surface area contributed by atoms with Crippen LogP contribution in [0.25, 0.3) is 16.7 Å². The third-order valence-corrected chi connectivity index (χ3v) is 4.20. The van der Waals surface area contributed by atoms with Gasteiger partial charge in [0, 0.05) is 31.1 Å². The molecule has 0 aliphatic carbocycles. The molecule has 1 N–H and O–H groups in total. The molecule has 27 heavy (non-hydrogen) atoms. The molecule has 0 fully saturated rings. The lowest BCUT2D eigenvalue weighted by molar-refractivity contribution is 0.102. The molecule has 0 aliphatic heterocycles. The Hall–Kier alpha value is -3.75. The molecule has 0 unspecified atom stereocenters.